The Balaban J connectivity index is 2.05. The second-order valence-electron chi connectivity index (χ2n) is 6.86. The number of hydrogen-bond donors (Lipinski definition) is 1. The van der Waals surface area contributed by atoms with E-state index >= 15 is 0 Å². The summed E-state index contributed by atoms with van der Waals surface area (Å²) in [6, 6.07) is 17.4. The van der Waals surface area contributed by atoms with Crippen LogP contribution in [0.3, 0.4) is 0 Å². The second-order valence-corrected chi connectivity index (χ2v) is 6.86. The lowest BCUT2D eigenvalue weighted by molar-refractivity contribution is -0.129. The van der Waals surface area contributed by atoms with Crippen LogP contribution in [0.1, 0.15) is 37.8 Å². The zero-order valence-electron chi connectivity index (χ0n) is 16.0. The highest BCUT2D eigenvalue weighted by Gasteiger charge is 2.31. The number of aliphatic imine (C=N–C) groups is 1. The Hall–Kier alpha value is -2.95. The highest BCUT2D eigenvalue weighted by molar-refractivity contribution is 6.20. The molecule has 5 nitrogen and oxygen atoms in total. The molecule has 2 amide bonds. The number of benzene rings is 2. The van der Waals surface area contributed by atoms with E-state index in [-0.39, 0.29) is 17.7 Å². The van der Waals surface area contributed by atoms with Gasteiger partial charge in [-0.25, -0.2) is 4.99 Å². The van der Waals surface area contributed by atoms with E-state index < -0.39 is 6.17 Å². The predicted octanol–water partition coefficient (Wildman–Crippen LogP) is 3.38. The highest BCUT2D eigenvalue weighted by Crippen LogP contribution is 2.27. The van der Waals surface area contributed by atoms with Crippen molar-refractivity contribution in [2.75, 3.05) is 11.9 Å². The van der Waals surface area contributed by atoms with Gasteiger partial charge in [-0.05, 0) is 12.5 Å². The number of carbonyl (C=O) groups excluding carboxylic acids is 2. The Bertz CT molecular complexity index is 861. The molecule has 0 saturated heterocycles. The third-order valence-corrected chi connectivity index (χ3v) is 4.84. The Labute approximate surface area is 160 Å². The minimum Gasteiger partial charge on any atom is -0.326 e. The molecule has 2 atom stereocenters. The van der Waals surface area contributed by atoms with Crippen LogP contribution >= 0.6 is 0 Å². The van der Waals surface area contributed by atoms with Gasteiger partial charge in [-0.3, -0.25) is 9.59 Å². The molecule has 2 aromatic rings. The Morgan fingerprint density at radius 1 is 1.15 bits per heavy atom. The number of hydrogen-bond acceptors (Lipinski definition) is 3. The van der Waals surface area contributed by atoms with Crippen LogP contribution in [0.5, 0.6) is 0 Å². The molecule has 0 fully saturated rings. The van der Waals surface area contributed by atoms with Crippen LogP contribution < -0.4 is 10.2 Å². The standard InChI is InChI=1S/C22H25N3O2/c1-4-10-15(2)21(26)24-20-22(27)25(3)18-14-9-8-13-17(18)19(23-20)16-11-6-5-7-12-16/h5-9,11-15,20H,4,10H2,1-3H3,(H,24,26)/t15?,20-/m1/s1. The smallest absolute Gasteiger partial charge is 0.272 e. The molecular formula is C22H25N3O2. The predicted molar refractivity (Wildman–Crippen MR) is 108 cm³/mol. The molecule has 1 aliphatic heterocycles. The van der Waals surface area contributed by atoms with Gasteiger partial charge in [0.2, 0.25) is 12.1 Å². The maximum atomic E-state index is 13.0. The minimum atomic E-state index is -0.940. The normalized spacial score (nSPS) is 17.6. The highest BCUT2D eigenvalue weighted by atomic mass is 16.2. The molecule has 2 aromatic carbocycles. The van der Waals surface area contributed by atoms with Crippen molar-refractivity contribution in [1.82, 2.24) is 5.32 Å². The minimum absolute atomic E-state index is 0.147. The van der Waals surface area contributed by atoms with Gasteiger partial charge in [0.15, 0.2) is 0 Å². The molecule has 1 heterocycles. The number of nitrogens with zero attached hydrogens (tertiary/aromatic N) is 2. The summed E-state index contributed by atoms with van der Waals surface area (Å²) in [6.45, 7) is 3.91. The van der Waals surface area contributed by atoms with E-state index in [4.69, 9.17) is 4.99 Å². The molecule has 0 aromatic heterocycles. The van der Waals surface area contributed by atoms with E-state index in [2.05, 4.69) is 5.32 Å². The van der Waals surface area contributed by atoms with E-state index in [1.54, 1.807) is 11.9 Å². The molecule has 5 heteroatoms. The van der Waals surface area contributed by atoms with Crippen LogP contribution in [-0.2, 0) is 9.59 Å². The van der Waals surface area contributed by atoms with Gasteiger partial charge in [0, 0.05) is 24.1 Å². The molecular weight excluding hydrogens is 338 g/mol. The van der Waals surface area contributed by atoms with Gasteiger partial charge in [-0.2, -0.15) is 0 Å². The number of para-hydroxylation sites is 1. The quantitative estimate of drug-likeness (QED) is 0.885. The van der Waals surface area contributed by atoms with Crippen LogP contribution in [0.15, 0.2) is 59.6 Å². The number of likely N-dealkylation sites (N-methyl/N-ethyl adjacent to an activating group) is 1. The Morgan fingerprint density at radius 2 is 1.81 bits per heavy atom. The maximum absolute atomic E-state index is 13.0. The number of benzodiazepines with no additional fused rings is 1. The first-order chi connectivity index (χ1) is 13.0. The maximum Gasteiger partial charge on any atom is 0.272 e. The Kier molecular flexibility index (Phi) is 5.69. The van der Waals surface area contributed by atoms with Crippen molar-refractivity contribution in [2.45, 2.75) is 32.9 Å². The number of carbonyl (C=O) groups is 2. The molecule has 27 heavy (non-hydrogen) atoms. The van der Waals surface area contributed by atoms with Crippen molar-refractivity contribution in [3.63, 3.8) is 0 Å². The summed E-state index contributed by atoms with van der Waals surface area (Å²) >= 11 is 0. The van der Waals surface area contributed by atoms with Crippen molar-refractivity contribution >= 4 is 23.2 Å². The molecule has 0 spiro atoms. The van der Waals surface area contributed by atoms with E-state index in [1.807, 2.05) is 68.4 Å². The molecule has 0 radical (unpaired) electrons. The molecule has 1 unspecified atom stereocenters. The lowest BCUT2D eigenvalue weighted by atomic mass is 10.0. The summed E-state index contributed by atoms with van der Waals surface area (Å²) in [5.41, 5.74) is 3.27. The molecule has 0 saturated carbocycles. The molecule has 140 valence electrons. The zero-order chi connectivity index (χ0) is 19.4. The van der Waals surface area contributed by atoms with Gasteiger partial charge in [0.25, 0.3) is 5.91 Å². The largest absolute Gasteiger partial charge is 0.326 e. The summed E-state index contributed by atoms with van der Waals surface area (Å²) in [4.78, 5) is 31.8. The molecule has 1 aliphatic rings. The van der Waals surface area contributed by atoms with E-state index in [1.165, 1.54) is 0 Å². The van der Waals surface area contributed by atoms with E-state index in [0.29, 0.717) is 5.71 Å². The number of amides is 2. The second kappa shape index (κ2) is 8.16. The van der Waals surface area contributed by atoms with Crippen LogP contribution in [0.25, 0.3) is 0 Å². The van der Waals surface area contributed by atoms with Crippen molar-refractivity contribution in [3.05, 3.63) is 65.7 Å². The number of rotatable bonds is 5. The third kappa shape index (κ3) is 3.92. The summed E-state index contributed by atoms with van der Waals surface area (Å²) in [5, 5.41) is 2.84. The first kappa shape index (κ1) is 18.8. The summed E-state index contributed by atoms with van der Waals surface area (Å²) < 4.78 is 0. The number of nitrogens with one attached hydrogen (secondary N) is 1. The van der Waals surface area contributed by atoms with Gasteiger partial charge in [-0.15, -0.1) is 0 Å². The van der Waals surface area contributed by atoms with Gasteiger partial charge in [0.05, 0.1) is 11.4 Å². The summed E-state index contributed by atoms with van der Waals surface area (Å²) in [7, 11) is 1.72. The fourth-order valence-electron chi connectivity index (χ4n) is 3.28. The van der Waals surface area contributed by atoms with Gasteiger partial charge in [0.1, 0.15) is 0 Å². The van der Waals surface area contributed by atoms with Crippen molar-refractivity contribution in [2.24, 2.45) is 10.9 Å². The van der Waals surface area contributed by atoms with Crippen LogP contribution in [0.2, 0.25) is 0 Å². The lowest BCUT2D eigenvalue weighted by Gasteiger charge is -2.21. The average molecular weight is 363 g/mol. The fraction of sp³-hybridized carbons (Fsp3) is 0.318. The van der Waals surface area contributed by atoms with E-state index in [9.17, 15) is 9.59 Å². The molecule has 1 N–H and O–H groups in total. The number of anilines is 1. The first-order valence-electron chi connectivity index (χ1n) is 9.33. The zero-order valence-corrected chi connectivity index (χ0v) is 16.0. The van der Waals surface area contributed by atoms with Crippen LogP contribution in [0, 0.1) is 5.92 Å². The SMILES string of the molecule is CCCC(C)C(=O)N[C@H]1N=C(c2ccccc2)c2ccccc2N(C)C1=O. The lowest BCUT2D eigenvalue weighted by Crippen LogP contribution is -2.47. The van der Waals surface area contributed by atoms with Crippen LogP contribution in [-0.4, -0.2) is 30.7 Å². The van der Waals surface area contributed by atoms with Gasteiger partial charge in [-0.1, -0.05) is 68.8 Å². The van der Waals surface area contributed by atoms with Crippen molar-refractivity contribution < 1.29 is 9.59 Å². The van der Waals surface area contributed by atoms with E-state index in [0.717, 1.165) is 29.7 Å². The summed E-state index contributed by atoms with van der Waals surface area (Å²) in [5.74, 6) is -0.551. The monoisotopic (exact) mass is 363 g/mol. The fourth-order valence-corrected chi connectivity index (χ4v) is 3.28. The van der Waals surface area contributed by atoms with Crippen molar-refractivity contribution in [3.8, 4) is 0 Å². The molecule has 3 rings (SSSR count). The first-order valence-corrected chi connectivity index (χ1v) is 9.33. The third-order valence-electron chi connectivity index (χ3n) is 4.84. The Morgan fingerprint density at radius 3 is 2.52 bits per heavy atom. The topological polar surface area (TPSA) is 61.8 Å². The molecule has 0 aliphatic carbocycles. The van der Waals surface area contributed by atoms with Crippen molar-refractivity contribution in [1.29, 1.82) is 0 Å². The summed E-state index contributed by atoms with van der Waals surface area (Å²) in [6.07, 6.45) is 0.749. The van der Waals surface area contributed by atoms with Gasteiger partial charge >= 0.3 is 0 Å². The van der Waals surface area contributed by atoms with Crippen LogP contribution in [0.4, 0.5) is 5.69 Å². The molecule has 0 bridgehead atoms. The number of fused-ring (bicyclic) bond motifs is 1. The van der Waals surface area contributed by atoms with Gasteiger partial charge < -0.3 is 10.2 Å². The average Bonchev–Trinajstić information content (AvgIpc) is 2.79.